The number of hydrogen-bond donors (Lipinski definition) is 3. The van der Waals surface area contributed by atoms with Crippen LogP contribution in [0.3, 0.4) is 0 Å². The van der Waals surface area contributed by atoms with Crippen LogP contribution in [-0.2, 0) is 4.79 Å². The quantitative estimate of drug-likeness (QED) is 0.205. The molecule has 1 aromatic heterocycles. The van der Waals surface area contributed by atoms with Gasteiger partial charge in [0, 0.05) is 0 Å². The van der Waals surface area contributed by atoms with E-state index in [4.69, 9.17) is 23.2 Å². The highest BCUT2D eigenvalue weighted by Gasteiger charge is 2.27. The van der Waals surface area contributed by atoms with Crippen molar-refractivity contribution < 1.29 is 9.72 Å². The van der Waals surface area contributed by atoms with Crippen LogP contribution >= 0.6 is 23.2 Å². The van der Waals surface area contributed by atoms with Crippen LogP contribution in [0.5, 0.6) is 0 Å². The van der Waals surface area contributed by atoms with Gasteiger partial charge in [-0.1, -0.05) is 89.9 Å². The molecule has 0 atom stereocenters. The Balaban J connectivity index is 1.61. The SMILES string of the molecule is O=C(NNc1ncnc(Nc2cccc(Cl)c2Cl)c1[N+](=O)[O-])C(c1ccccc1)c1ccccc1. The zero-order valence-electron chi connectivity index (χ0n) is 18.0. The minimum absolute atomic E-state index is 0.131. The number of carbonyl (C=O) groups excluding carboxylic acids is 1. The number of halogens is 2. The van der Waals surface area contributed by atoms with Crippen LogP contribution in [0.1, 0.15) is 17.0 Å². The molecule has 35 heavy (non-hydrogen) atoms. The van der Waals surface area contributed by atoms with E-state index in [0.717, 1.165) is 17.5 Å². The van der Waals surface area contributed by atoms with Crippen molar-refractivity contribution in [3.05, 3.63) is 116 Å². The molecule has 0 aliphatic heterocycles. The van der Waals surface area contributed by atoms with E-state index in [0.29, 0.717) is 5.69 Å². The average Bonchev–Trinajstić information content (AvgIpc) is 2.87. The second kappa shape index (κ2) is 10.8. The lowest BCUT2D eigenvalue weighted by Gasteiger charge is -2.18. The van der Waals surface area contributed by atoms with Gasteiger partial charge in [-0.2, -0.15) is 0 Å². The van der Waals surface area contributed by atoms with Gasteiger partial charge in [0.1, 0.15) is 6.33 Å². The van der Waals surface area contributed by atoms with Gasteiger partial charge >= 0.3 is 5.69 Å². The average molecular weight is 509 g/mol. The number of amides is 1. The Morgan fingerprint density at radius 3 is 2.06 bits per heavy atom. The molecule has 11 heteroatoms. The van der Waals surface area contributed by atoms with Crippen LogP contribution in [0.2, 0.25) is 10.0 Å². The lowest BCUT2D eigenvalue weighted by Crippen LogP contribution is -2.35. The number of benzene rings is 3. The maximum Gasteiger partial charge on any atom is 0.355 e. The van der Waals surface area contributed by atoms with Crippen LogP contribution in [0.25, 0.3) is 0 Å². The standard InChI is InChI=1S/C24H18Cl2N6O3/c25-17-12-7-13-18(20(17)26)29-22-21(32(34)35)23(28-14-27-22)30-31-24(33)19(15-8-3-1-4-9-15)16-10-5-2-6-11-16/h1-14,19H,(H,31,33)(H2,27,28,29,30). The van der Waals surface area contributed by atoms with Gasteiger partial charge in [-0.05, 0) is 23.3 Å². The molecular weight excluding hydrogens is 491 g/mol. The zero-order chi connectivity index (χ0) is 24.8. The number of aromatic nitrogens is 2. The largest absolute Gasteiger partial charge is 0.355 e. The molecule has 1 amide bonds. The number of hydrazine groups is 1. The molecule has 0 unspecified atom stereocenters. The molecule has 0 bridgehead atoms. The summed E-state index contributed by atoms with van der Waals surface area (Å²) in [4.78, 5) is 32.3. The molecule has 0 aliphatic carbocycles. The van der Waals surface area contributed by atoms with Gasteiger partial charge in [0.05, 0.1) is 26.6 Å². The van der Waals surface area contributed by atoms with Gasteiger partial charge < -0.3 is 5.32 Å². The van der Waals surface area contributed by atoms with Crippen LogP contribution in [0, 0.1) is 10.1 Å². The van der Waals surface area contributed by atoms with Crippen molar-refractivity contribution in [1.82, 2.24) is 15.4 Å². The lowest BCUT2D eigenvalue weighted by atomic mass is 9.91. The number of carbonyl (C=O) groups is 1. The summed E-state index contributed by atoms with van der Waals surface area (Å²) in [5.41, 5.74) is 6.47. The van der Waals surface area contributed by atoms with Crippen LogP contribution < -0.4 is 16.2 Å². The molecule has 0 saturated carbocycles. The third kappa shape index (κ3) is 5.48. The summed E-state index contributed by atoms with van der Waals surface area (Å²) >= 11 is 12.2. The maximum atomic E-state index is 13.2. The van der Waals surface area contributed by atoms with Crippen molar-refractivity contribution >= 4 is 52.1 Å². The van der Waals surface area contributed by atoms with E-state index in [1.165, 1.54) is 0 Å². The number of nitrogens with one attached hydrogen (secondary N) is 3. The molecule has 3 aromatic carbocycles. The summed E-state index contributed by atoms with van der Waals surface area (Å²) in [7, 11) is 0. The van der Waals surface area contributed by atoms with E-state index in [9.17, 15) is 14.9 Å². The highest BCUT2D eigenvalue weighted by atomic mass is 35.5. The first-order valence-electron chi connectivity index (χ1n) is 10.3. The van der Waals surface area contributed by atoms with Crippen LogP contribution in [0.4, 0.5) is 23.0 Å². The molecule has 0 aliphatic rings. The summed E-state index contributed by atoms with van der Waals surface area (Å²) in [5.74, 6) is -1.43. The van der Waals surface area contributed by atoms with Gasteiger partial charge in [0.2, 0.25) is 17.5 Å². The first-order valence-corrected chi connectivity index (χ1v) is 11.1. The summed E-state index contributed by atoms with van der Waals surface area (Å²) in [6, 6.07) is 23.2. The van der Waals surface area contributed by atoms with E-state index in [1.807, 2.05) is 60.7 Å². The predicted octanol–water partition coefficient (Wildman–Crippen LogP) is 5.71. The molecule has 4 rings (SSSR count). The fourth-order valence-corrected chi connectivity index (χ4v) is 3.79. The Bertz CT molecular complexity index is 1320. The van der Waals surface area contributed by atoms with Gasteiger partial charge in [-0.25, -0.2) is 9.97 Å². The Kier molecular flexibility index (Phi) is 7.39. The molecular formula is C24H18Cl2N6O3. The number of rotatable bonds is 8. The summed E-state index contributed by atoms with van der Waals surface area (Å²) in [5, 5.41) is 15.1. The molecule has 3 N–H and O–H groups in total. The molecule has 176 valence electrons. The minimum Gasteiger partial charge on any atom is -0.333 e. The van der Waals surface area contributed by atoms with Crippen molar-refractivity contribution in [2.75, 3.05) is 10.7 Å². The summed E-state index contributed by atoms with van der Waals surface area (Å²) < 4.78 is 0. The molecule has 0 saturated heterocycles. The van der Waals surface area contributed by atoms with E-state index in [2.05, 4.69) is 26.1 Å². The van der Waals surface area contributed by atoms with Gasteiger partial charge in [0.25, 0.3) is 0 Å². The zero-order valence-corrected chi connectivity index (χ0v) is 19.5. The third-order valence-electron chi connectivity index (χ3n) is 5.04. The monoisotopic (exact) mass is 508 g/mol. The molecule has 9 nitrogen and oxygen atoms in total. The fraction of sp³-hybridized carbons (Fsp3) is 0.0417. The highest BCUT2D eigenvalue weighted by Crippen LogP contribution is 2.35. The van der Waals surface area contributed by atoms with Crippen LogP contribution in [0.15, 0.2) is 85.2 Å². The number of hydrogen-bond acceptors (Lipinski definition) is 7. The Hall–Kier alpha value is -4.21. The summed E-state index contributed by atoms with van der Waals surface area (Å²) in [6.45, 7) is 0. The molecule has 0 spiro atoms. The van der Waals surface area contributed by atoms with Gasteiger partial charge in [-0.3, -0.25) is 25.8 Å². The number of nitrogens with zero attached hydrogens (tertiary/aromatic N) is 3. The first kappa shape index (κ1) is 23.9. The lowest BCUT2D eigenvalue weighted by molar-refractivity contribution is -0.383. The van der Waals surface area contributed by atoms with E-state index in [-0.39, 0.29) is 21.7 Å². The van der Waals surface area contributed by atoms with Crippen molar-refractivity contribution in [3.8, 4) is 0 Å². The molecule has 1 heterocycles. The number of anilines is 3. The van der Waals surface area contributed by atoms with Gasteiger partial charge in [0.15, 0.2) is 0 Å². The molecule has 4 aromatic rings. The number of nitro groups is 1. The second-order valence-electron chi connectivity index (χ2n) is 7.27. The van der Waals surface area contributed by atoms with Crippen molar-refractivity contribution in [1.29, 1.82) is 0 Å². The normalized spacial score (nSPS) is 10.6. The summed E-state index contributed by atoms with van der Waals surface area (Å²) in [6.07, 6.45) is 1.12. The maximum absolute atomic E-state index is 13.2. The second-order valence-corrected chi connectivity index (χ2v) is 8.06. The van der Waals surface area contributed by atoms with E-state index < -0.39 is 22.4 Å². The van der Waals surface area contributed by atoms with Crippen molar-refractivity contribution in [3.63, 3.8) is 0 Å². The third-order valence-corrected chi connectivity index (χ3v) is 5.86. The predicted molar refractivity (Wildman–Crippen MR) is 135 cm³/mol. The van der Waals surface area contributed by atoms with Crippen molar-refractivity contribution in [2.45, 2.75) is 5.92 Å². The highest BCUT2D eigenvalue weighted by molar-refractivity contribution is 6.43. The minimum atomic E-state index is -0.666. The first-order chi connectivity index (χ1) is 17.0. The topological polar surface area (TPSA) is 122 Å². The Morgan fingerprint density at radius 2 is 1.46 bits per heavy atom. The molecule has 0 radical (unpaired) electrons. The fourth-order valence-electron chi connectivity index (χ4n) is 3.44. The van der Waals surface area contributed by atoms with E-state index >= 15 is 0 Å². The van der Waals surface area contributed by atoms with Crippen molar-refractivity contribution in [2.24, 2.45) is 0 Å². The van der Waals surface area contributed by atoms with Gasteiger partial charge in [-0.15, -0.1) is 0 Å². The van der Waals surface area contributed by atoms with Crippen LogP contribution in [-0.4, -0.2) is 20.8 Å². The van der Waals surface area contributed by atoms with E-state index in [1.54, 1.807) is 18.2 Å². The smallest absolute Gasteiger partial charge is 0.333 e. The Labute approximate surface area is 210 Å². The Morgan fingerprint density at radius 1 is 0.857 bits per heavy atom. The molecule has 0 fully saturated rings.